The molecular weight excluding hydrogens is 411 g/mol. The molecule has 1 aliphatic heterocycles. The fourth-order valence-corrected chi connectivity index (χ4v) is 3.01. The molecule has 2 heterocycles. The van der Waals surface area contributed by atoms with Crippen molar-refractivity contribution in [2.24, 2.45) is 0 Å². The second-order valence-corrected chi connectivity index (χ2v) is 7.01. The van der Waals surface area contributed by atoms with Crippen molar-refractivity contribution in [1.29, 1.82) is 0 Å². The lowest BCUT2D eigenvalue weighted by Gasteiger charge is -2.09. The highest BCUT2D eigenvalue weighted by atomic mass is 19.1. The van der Waals surface area contributed by atoms with Gasteiger partial charge in [0, 0.05) is 37.3 Å². The first-order valence-electron chi connectivity index (χ1n) is 9.57. The average Bonchev–Trinajstić information content (AvgIpc) is 3.21. The van der Waals surface area contributed by atoms with Crippen LogP contribution in [0.5, 0.6) is 5.88 Å². The lowest BCUT2D eigenvalue weighted by atomic mass is 10.1. The Bertz CT molecular complexity index is 1450. The number of fused-ring (bicyclic) bond motifs is 1. The van der Waals surface area contributed by atoms with Gasteiger partial charge in [0.25, 0.3) is 5.91 Å². The van der Waals surface area contributed by atoms with E-state index in [-0.39, 0.29) is 17.0 Å². The molecule has 9 heteroatoms. The number of anilines is 2. The molecule has 32 heavy (non-hydrogen) atoms. The summed E-state index contributed by atoms with van der Waals surface area (Å²) in [7, 11) is 5.33. The Balaban J connectivity index is 1.63. The summed E-state index contributed by atoms with van der Waals surface area (Å²) in [5, 5.41) is 4.23. The number of methoxy groups -OCH3 is 1. The minimum Gasteiger partial charge on any atom is -0.479 e. The standard InChI is InChI=1S/C23H18FN6O2/c1-29(2)17-5-7-21-19(11-17)27-14-30(21)9-8-15-10-16(4-6-18(15)24)22(31)28-20-12-25-13-26-23(20)32-3/h4-7,10-14H,1-3H3/q+1/p+1. The van der Waals surface area contributed by atoms with E-state index in [0.717, 1.165) is 16.4 Å². The second kappa shape index (κ2) is 8.68. The van der Waals surface area contributed by atoms with Gasteiger partial charge in [-0.3, -0.25) is 4.79 Å². The molecule has 1 amide bonds. The van der Waals surface area contributed by atoms with Crippen LogP contribution in [-0.2, 0) is 0 Å². The molecule has 0 fully saturated rings. The molecular formula is C23H19FN6O2+2. The molecule has 0 atom stereocenters. The van der Waals surface area contributed by atoms with Crippen molar-refractivity contribution in [2.45, 2.75) is 0 Å². The smallest absolute Gasteiger partial charge is 0.479 e. The highest BCUT2D eigenvalue weighted by Crippen LogP contribution is 2.20. The van der Waals surface area contributed by atoms with Crippen LogP contribution >= 0.6 is 0 Å². The van der Waals surface area contributed by atoms with Crippen LogP contribution < -0.4 is 34.9 Å². The van der Waals surface area contributed by atoms with Gasteiger partial charge in [-0.05, 0) is 33.5 Å². The molecule has 1 aromatic heterocycles. The summed E-state index contributed by atoms with van der Waals surface area (Å²) < 4.78 is 25.4. The van der Waals surface area contributed by atoms with E-state index in [2.05, 4.69) is 31.9 Å². The Labute approximate surface area is 183 Å². The van der Waals surface area contributed by atoms with E-state index < -0.39 is 11.7 Å². The minimum absolute atomic E-state index is 0.0840. The SMILES string of the molecule is COc1ncncc1NC(=O)c1ccc(F)c(C#C[N+]2=c3ccc(N(C)C)cc3=[N+]=C2)c1. The third kappa shape index (κ3) is 4.17. The van der Waals surface area contributed by atoms with Gasteiger partial charge >= 0.3 is 17.1 Å². The Morgan fingerprint density at radius 2 is 2.09 bits per heavy atom. The summed E-state index contributed by atoms with van der Waals surface area (Å²) in [6, 6.07) is 12.7. The number of aromatic nitrogens is 2. The number of benzene rings is 2. The molecule has 0 bridgehead atoms. The zero-order valence-corrected chi connectivity index (χ0v) is 17.6. The van der Waals surface area contributed by atoms with Crippen LogP contribution in [0.15, 0.2) is 48.9 Å². The number of rotatable bonds is 4. The first-order chi connectivity index (χ1) is 15.5. The second-order valence-electron chi connectivity index (χ2n) is 7.01. The number of nitrogens with zero attached hydrogens (tertiary/aromatic N) is 5. The first kappa shape index (κ1) is 20.7. The van der Waals surface area contributed by atoms with E-state index in [1.165, 1.54) is 37.8 Å². The van der Waals surface area contributed by atoms with Gasteiger partial charge in [0.2, 0.25) is 11.9 Å². The van der Waals surface area contributed by atoms with Crippen molar-refractivity contribution < 1.29 is 13.9 Å². The molecule has 0 saturated carbocycles. The fourth-order valence-electron chi connectivity index (χ4n) is 3.01. The lowest BCUT2D eigenvalue weighted by Crippen LogP contribution is -2.33. The van der Waals surface area contributed by atoms with Gasteiger partial charge in [0.05, 0.1) is 24.9 Å². The van der Waals surface area contributed by atoms with Crippen molar-refractivity contribution in [3.05, 3.63) is 76.6 Å². The van der Waals surface area contributed by atoms with Gasteiger partial charge in [0.15, 0.2) is 0 Å². The molecule has 1 aliphatic rings. The molecule has 3 aromatic rings. The zero-order valence-electron chi connectivity index (χ0n) is 17.6. The van der Waals surface area contributed by atoms with Crippen LogP contribution in [0.25, 0.3) is 0 Å². The molecule has 2 aromatic carbocycles. The summed E-state index contributed by atoms with van der Waals surface area (Å²) in [5.74, 6) is 2.01. The highest BCUT2D eigenvalue weighted by molar-refractivity contribution is 6.05. The van der Waals surface area contributed by atoms with E-state index in [9.17, 15) is 9.18 Å². The van der Waals surface area contributed by atoms with Gasteiger partial charge in [-0.2, -0.15) is 4.98 Å². The van der Waals surface area contributed by atoms with Crippen LogP contribution in [0.3, 0.4) is 0 Å². The number of carbonyl (C=O) groups excluding carboxylic acids is 1. The zero-order chi connectivity index (χ0) is 22.7. The van der Waals surface area contributed by atoms with Crippen molar-refractivity contribution in [2.75, 3.05) is 31.4 Å². The predicted molar refractivity (Wildman–Crippen MR) is 118 cm³/mol. The number of ether oxygens (including phenoxy) is 1. The molecule has 4 rings (SSSR count). The summed E-state index contributed by atoms with van der Waals surface area (Å²) in [4.78, 5) is 22.4. The van der Waals surface area contributed by atoms with E-state index in [0.29, 0.717) is 5.69 Å². The van der Waals surface area contributed by atoms with Gasteiger partial charge in [-0.1, -0.05) is 0 Å². The van der Waals surface area contributed by atoms with E-state index in [1.807, 2.05) is 37.2 Å². The van der Waals surface area contributed by atoms with Crippen LogP contribution in [-0.4, -0.2) is 43.4 Å². The minimum atomic E-state index is -0.533. The Morgan fingerprint density at radius 1 is 1.25 bits per heavy atom. The maximum atomic E-state index is 14.4. The van der Waals surface area contributed by atoms with Gasteiger partial charge in [-0.15, -0.1) is 0 Å². The monoisotopic (exact) mass is 430 g/mol. The molecule has 158 valence electrons. The summed E-state index contributed by atoms with van der Waals surface area (Å²) >= 11 is 0. The summed E-state index contributed by atoms with van der Waals surface area (Å²) in [6.45, 7) is 0. The van der Waals surface area contributed by atoms with E-state index >= 15 is 0 Å². The number of hydrogen-bond acceptors (Lipinski definition) is 5. The molecule has 0 unspecified atom stereocenters. The number of amides is 1. The molecule has 0 radical (unpaired) electrons. The number of carbonyl (C=O) groups is 1. The van der Waals surface area contributed by atoms with Gasteiger partial charge in [0.1, 0.15) is 17.8 Å². The number of halogens is 1. The average molecular weight is 430 g/mol. The van der Waals surface area contributed by atoms with Gasteiger partial charge < -0.3 is 15.0 Å². The van der Waals surface area contributed by atoms with E-state index in [4.69, 9.17) is 4.74 Å². The quantitative estimate of drug-likeness (QED) is 0.363. The van der Waals surface area contributed by atoms with Crippen LogP contribution in [0.1, 0.15) is 15.9 Å². The largest absolute Gasteiger partial charge is 0.537 e. The molecule has 8 nitrogen and oxygen atoms in total. The molecule has 1 N–H and O–H groups in total. The Morgan fingerprint density at radius 3 is 2.88 bits per heavy atom. The molecule has 0 aliphatic carbocycles. The van der Waals surface area contributed by atoms with Crippen molar-refractivity contribution >= 4 is 23.6 Å². The highest BCUT2D eigenvalue weighted by Gasteiger charge is 2.20. The molecule has 0 saturated heterocycles. The van der Waals surface area contributed by atoms with Crippen molar-refractivity contribution in [3.8, 4) is 17.8 Å². The lowest BCUT2D eigenvalue weighted by molar-refractivity contribution is 0.102. The number of hydrogen-bond donors (Lipinski definition) is 1. The summed E-state index contributed by atoms with van der Waals surface area (Å²) in [5.41, 5.74) is 1.63. The van der Waals surface area contributed by atoms with E-state index in [1.54, 1.807) is 10.9 Å². The predicted octanol–water partition coefficient (Wildman–Crippen LogP) is 0.172. The summed E-state index contributed by atoms with van der Waals surface area (Å²) in [6.07, 6.45) is 4.30. The van der Waals surface area contributed by atoms with Gasteiger partial charge in [-0.25, -0.2) is 9.37 Å². The maximum Gasteiger partial charge on any atom is 0.537 e. The topological polar surface area (TPSA) is 84.5 Å². The third-order valence-electron chi connectivity index (χ3n) is 4.70. The first-order valence-corrected chi connectivity index (χ1v) is 9.57. The molecule has 0 spiro atoms. The third-order valence-corrected chi connectivity index (χ3v) is 4.70. The van der Waals surface area contributed by atoms with Crippen LogP contribution in [0, 0.1) is 17.8 Å². The Hall–Kier alpha value is -4.54. The fraction of sp³-hybridized carbons (Fsp3) is 0.130. The van der Waals surface area contributed by atoms with Crippen LogP contribution in [0.4, 0.5) is 15.8 Å². The number of nitrogens with one attached hydrogen (secondary N) is 1. The normalized spacial score (nSPS) is 11.2. The van der Waals surface area contributed by atoms with Crippen molar-refractivity contribution in [1.82, 2.24) is 19.2 Å². The Kier molecular flexibility index (Phi) is 5.62. The van der Waals surface area contributed by atoms with Crippen molar-refractivity contribution in [3.63, 3.8) is 0 Å². The maximum absolute atomic E-state index is 14.4. The van der Waals surface area contributed by atoms with Crippen LogP contribution in [0.2, 0.25) is 0 Å².